The van der Waals surface area contributed by atoms with Crippen LogP contribution in [0.1, 0.15) is 0 Å². The van der Waals surface area contributed by atoms with E-state index in [1.165, 1.54) is 0 Å². The molecule has 0 saturated heterocycles. The predicted molar refractivity (Wildman–Crippen MR) is 14.3 cm³/mol. The van der Waals surface area contributed by atoms with E-state index < -0.39 is 0 Å². The summed E-state index contributed by atoms with van der Waals surface area (Å²) in [7, 11) is 0. The second-order valence-corrected chi connectivity index (χ2v) is 0. The third-order valence-electron chi connectivity index (χ3n) is 0. The molecule has 0 fully saturated rings. The van der Waals surface area contributed by atoms with Crippen molar-refractivity contribution < 1.29 is 28.3 Å². The zero-order valence-corrected chi connectivity index (χ0v) is 10.7. The molecule has 0 aliphatic rings. The van der Waals surface area contributed by atoms with Crippen LogP contribution in [-0.2, 0) is 28.3 Å². The van der Waals surface area contributed by atoms with Gasteiger partial charge >= 0.3 is 52.8 Å². The van der Waals surface area contributed by atoms with Gasteiger partial charge in [-0.3, -0.25) is 0 Å². The first-order chi connectivity index (χ1) is 2.00. The molecule has 0 spiro atoms. The molecular formula is HAgInO2Sn. The van der Waals surface area contributed by atoms with Crippen molar-refractivity contribution in [3.63, 3.8) is 0 Å². The molecule has 0 atom stereocenters. The summed E-state index contributed by atoms with van der Waals surface area (Å²) < 4.78 is 16.8. The fourth-order valence-electron chi connectivity index (χ4n) is 0. The second-order valence-electron chi connectivity index (χ2n) is 0. The molecule has 31 valence electrons. The Morgan fingerprint density at radius 2 is 1.20 bits per heavy atom. The van der Waals surface area contributed by atoms with Crippen LogP contribution in [0.4, 0.5) is 0 Å². The molecule has 0 heterocycles. The van der Waals surface area contributed by atoms with Gasteiger partial charge in [-0.25, -0.2) is 0 Å². The molecule has 5 heteroatoms. The molecule has 5 heavy (non-hydrogen) atoms. The summed E-state index contributed by atoms with van der Waals surface area (Å²) in [4.78, 5) is 0. The van der Waals surface area contributed by atoms with Gasteiger partial charge in [0, 0.05) is 22.4 Å². The van der Waals surface area contributed by atoms with Gasteiger partial charge in [-0.2, -0.15) is 0 Å². The zero-order valence-electron chi connectivity index (χ0n) is 2.33. The third kappa shape index (κ3) is 23.9. The SMILES string of the molecule is [Ag].[O]=[InH].[O]=[Sn]. The van der Waals surface area contributed by atoms with E-state index in [9.17, 15) is 0 Å². The molecule has 0 bridgehead atoms. The van der Waals surface area contributed by atoms with Crippen LogP contribution in [0, 0.1) is 0 Å². The van der Waals surface area contributed by atoms with E-state index in [1.54, 1.807) is 0 Å². The molecule has 0 N–H and O–H groups in total. The summed E-state index contributed by atoms with van der Waals surface area (Å²) in [5, 5.41) is 0. The Balaban J connectivity index is -0.0000000133. The Bertz CT molecular complexity index is 11.6. The van der Waals surface area contributed by atoms with E-state index in [0.29, 0.717) is 22.5 Å². The van der Waals surface area contributed by atoms with Crippen molar-refractivity contribution in [2.24, 2.45) is 0 Å². The Labute approximate surface area is 74.1 Å². The molecule has 0 rings (SSSR count). The Morgan fingerprint density at radius 3 is 1.20 bits per heavy atom. The standard InChI is InChI=1S/Ag.In.2O.Sn.H. The van der Waals surface area contributed by atoms with Gasteiger partial charge < -0.3 is 0 Å². The molecule has 0 aromatic rings. The molecular weight excluding hydrogens is 373 g/mol. The molecule has 2 nitrogen and oxygen atoms in total. The summed E-state index contributed by atoms with van der Waals surface area (Å²) >= 11 is 0.200. The van der Waals surface area contributed by atoms with Crippen LogP contribution in [0.3, 0.4) is 0 Å². The van der Waals surface area contributed by atoms with Crippen molar-refractivity contribution >= 4 is 46.9 Å². The van der Waals surface area contributed by atoms with E-state index in [1.807, 2.05) is 0 Å². The quantitative estimate of drug-likeness (QED) is 0.496. The average Bonchev–Trinajstić information content (AvgIpc) is 1.50. The molecule has 0 unspecified atom stereocenters. The van der Waals surface area contributed by atoms with Gasteiger partial charge in [0.15, 0.2) is 0 Å². The van der Waals surface area contributed by atoms with E-state index in [2.05, 4.69) is 0 Å². The Kier molecular flexibility index (Phi) is 118. The Hall–Kier alpha value is 2.01. The van der Waals surface area contributed by atoms with Gasteiger partial charge in [-0.05, 0) is 0 Å². The summed E-state index contributed by atoms with van der Waals surface area (Å²) in [6.45, 7) is 0. The van der Waals surface area contributed by atoms with Crippen LogP contribution >= 0.6 is 0 Å². The van der Waals surface area contributed by atoms with Gasteiger partial charge in [0.25, 0.3) is 0 Å². The van der Waals surface area contributed by atoms with Crippen LogP contribution in [-0.4, -0.2) is 46.9 Å². The van der Waals surface area contributed by atoms with E-state index in [-0.39, 0.29) is 46.8 Å². The summed E-state index contributed by atoms with van der Waals surface area (Å²) in [6.07, 6.45) is 0. The molecule has 0 amide bonds. The van der Waals surface area contributed by atoms with Gasteiger partial charge in [0.05, 0.1) is 0 Å². The van der Waals surface area contributed by atoms with Crippen LogP contribution in [0.2, 0.25) is 0 Å². The van der Waals surface area contributed by atoms with Gasteiger partial charge in [-0.15, -0.1) is 0 Å². The van der Waals surface area contributed by atoms with Gasteiger partial charge in [0.2, 0.25) is 0 Å². The molecule has 0 aliphatic heterocycles. The second kappa shape index (κ2) is 37.4. The first-order valence-corrected chi connectivity index (χ1v) is 3.31. The monoisotopic (exact) mass is 375 g/mol. The fourth-order valence-corrected chi connectivity index (χ4v) is 0. The van der Waals surface area contributed by atoms with Gasteiger partial charge in [0.1, 0.15) is 0 Å². The third-order valence-corrected chi connectivity index (χ3v) is 0. The van der Waals surface area contributed by atoms with Crippen LogP contribution in [0.25, 0.3) is 0 Å². The summed E-state index contributed by atoms with van der Waals surface area (Å²) in [5.74, 6) is 0. The average molecular weight is 374 g/mol. The summed E-state index contributed by atoms with van der Waals surface area (Å²) in [5.41, 5.74) is 0. The van der Waals surface area contributed by atoms with E-state index >= 15 is 0 Å². The molecule has 0 aliphatic carbocycles. The van der Waals surface area contributed by atoms with Crippen molar-refractivity contribution in [3.05, 3.63) is 0 Å². The molecule has 0 aromatic heterocycles. The Morgan fingerprint density at radius 1 is 1.20 bits per heavy atom. The van der Waals surface area contributed by atoms with Crippen molar-refractivity contribution in [2.75, 3.05) is 0 Å². The number of hydrogen-bond donors (Lipinski definition) is 0. The zero-order chi connectivity index (χ0) is 4.00. The summed E-state index contributed by atoms with van der Waals surface area (Å²) in [6, 6.07) is 0. The minimum atomic E-state index is -0.1000. The van der Waals surface area contributed by atoms with Gasteiger partial charge in [-0.1, -0.05) is 0 Å². The first-order valence-electron chi connectivity index (χ1n) is 0.493. The van der Waals surface area contributed by atoms with E-state index in [4.69, 9.17) is 5.93 Å². The number of rotatable bonds is 0. The number of hydrogen-bond acceptors (Lipinski definition) is 2. The van der Waals surface area contributed by atoms with Crippen molar-refractivity contribution in [1.29, 1.82) is 0 Å². The maximum absolute atomic E-state index is 8.42. The van der Waals surface area contributed by atoms with Crippen molar-refractivity contribution in [1.82, 2.24) is 0 Å². The maximum atomic E-state index is 8.42. The normalized spacial score (nSPS) is 1.40. The van der Waals surface area contributed by atoms with Crippen molar-refractivity contribution in [2.45, 2.75) is 0 Å². The fraction of sp³-hybridized carbons (Fsp3) is 0. The molecule has 0 aromatic carbocycles. The topological polar surface area (TPSA) is 34.1 Å². The van der Waals surface area contributed by atoms with Crippen molar-refractivity contribution in [3.8, 4) is 0 Å². The molecule has 3 radical (unpaired) electrons. The predicted octanol–water partition coefficient (Wildman–Crippen LogP) is -1.27. The van der Waals surface area contributed by atoms with E-state index in [0.717, 1.165) is 0 Å². The first kappa shape index (κ1) is 15.7. The minimum absolute atomic E-state index is 0. The van der Waals surface area contributed by atoms with Crippen LogP contribution in [0.15, 0.2) is 0 Å². The van der Waals surface area contributed by atoms with Crippen LogP contribution < -0.4 is 0 Å². The molecule has 0 saturated carbocycles. The van der Waals surface area contributed by atoms with Crippen LogP contribution in [0.5, 0.6) is 0 Å².